The molecule has 0 aliphatic rings. The number of nitrogens with zero attached hydrogens (tertiary/aromatic N) is 1. The SMILES string of the molecule is Cc1cc(C)c(N(C(=O)CCC=O)c2cccc(O)c2)c(C)c1. The molecule has 0 unspecified atom stereocenters. The lowest BCUT2D eigenvalue weighted by Gasteiger charge is -2.27. The second kappa shape index (κ2) is 7.09. The highest BCUT2D eigenvalue weighted by Gasteiger charge is 2.21. The summed E-state index contributed by atoms with van der Waals surface area (Å²) in [5, 5.41) is 9.76. The normalized spacial score (nSPS) is 10.4. The lowest BCUT2D eigenvalue weighted by Crippen LogP contribution is -2.27. The van der Waals surface area contributed by atoms with Crippen molar-refractivity contribution >= 4 is 23.6 Å². The maximum Gasteiger partial charge on any atom is 0.231 e. The number of aryl methyl sites for hydroxylation is 3. The molecule has 0 spiro atoms. The van der Waals surface area contributed by atoms with Crippen LogP contribution in [0.15, 0.2) is 36.4 Å². The molecule has 4 nitrogen and oxygen atoms in total. The van der Waals surface area contributed by atoms with Gasteiger partial charge in [0.1, 0.15) is 12.0 Å². The summed E-state index contributed by atoms with van der Waals surface area (Å²) in [6.45, 7) is 5.92. The van der Waals surface area contributed by atoms with Crippen molar-refractivity contribution in [3.05, 3.63) is 53.1 Å². The summed E-state index contributed by atoms with van der Waals surface area (Å²) in [7, 11) is 0. The highest BCUT2D eigenvalue weighted by atomic mass is 16.3. The van der Waals surface area contributed by atoms with E-state index in [1.54, 1.807) is 29.2 Å². The Morgan fingerprint density at radius 3 is 2.35 bits per heavy atom. The second-order valence-electron chi connectivity index (χ2n) is 5.70. The number of phenols is 1. The van der Waals surface area contributed by atoms with Crippen LogP contribution in [0, 0.1) is 20.8 Å². The molecule has 0 aromatic heterocycles. The standard InChI is InChI=1S/C19H21NO3/c1-13-10-14(2)19(15(3)11-13)20(18(23)8-5-9-21)16-6-4-7-17(22)12-16/h4,6-7,9-12,22H,5,8H2,1-3H3. The number of carbonyl (C=O) groups is 2. The number of rotatable bonds is 5. The molecule has 120 valence electrons. The average Bonchev–Trinajstić information content (AvgIpc) is 2.48. The summed E-state index contributed by atoms with van der Waals surface area (Å²) >= 11 is 0. The Morgan fingerprint density at radius 2 is 1.78 bits per heavy atom. The van der Waals surface area contributed by atoms with Crippen LogP contribution in [0.2, 0.25) is 0 Å². The minimum atomic E-state index is -0.169. The van der Waals surface area contributed by atoms with E-state index in [9.17, 15) is 14.7 Å². The van der Waals surface area contributed by atoms with Gasteiger partial charge in [0.2, 0.25) is 5.91 Å². The summed E-state index contributed by atoms with van der Waals surface area (Å²) in [6.07, 6.45) is 1.05. The molecule has 0 saturated heterocycles. The topological polar surface area (TPSA) is 57.6 Å². The predicted octanol–water partition coefficient (Wildman–Crippen LogP) is 3.96. The van der Waals surface area contributed by atoms with Gasteiger partial charge in [0.25, 0.3) is 0 Å². The molecular formula is C19H21NO3. The van der Waals surface area contributed by atoms with Gasteiger partial charge in [-0.05, 0) is 44.0 Å². The quantitative estimate of drug-likeness (QED) is 0.850. The summed E-state index contributed by atoms with van der Waals surface area (Å²) in [5.74, 6) is -0.0733. The molecule has 1 amide bonds. The Kier molecular flexibility index (Phi) is 5.16. The first kappa shape index (κ1) is 16.7. The van der Waals surface area contributed by atoms with E-state index in [0.717, 1.165) is 28.7 Å². The van der Waals surface area contributed by atoms with E-state index in [4.69, 9.17) is 0 Å². The van der Waals surface area contributed by atoms with Crippen LogP contribution in [0.4, 0.5) is 11.4 Å². The van der Waals surface area contributed by atoms with Crippen LogP contribution >= 0.6 is 0 Å². The van der Waals surface area contributed by atoms with Gasteiger partial charge < -0.3 is 9.90 Å². The summed E-state index contributed by atoms with van der Waals surface area (Å²) < 4.78 is 0. The predicted molar refractivity (Wildman–Crippen MR) is 91.2 cm³/mol. The van der Waals surface area contributed by atoms with Gasteiger partial charge in [0.05, 0.1) is 11.4 Å². The minimum Gasteiger partial charge on any atom is -0.508 e. The number of anilines is 2. The molecule has 2 aromatic carbocycles. The Labute approximate surface area is 136 Å². The van der Waals surface area contributed by atoms with Crippen molar-refractivity contribution in [2.24, 2.45) is 0 Å². The van der Waals surface area contributed by atoms with Gasteiger partial charge in [-0.15, -0.1) is 0 Å². The number of hydrogen-bond donors (Lipinski definition) is 1. The van der Waals surface area contributed by atoms with Crippen LogP contribution in [0.25, 0.3) is 0 Å². The lowest BCUT2D eigenvalue weighted by atomic mass is 10.0. The molecule has 0 bridgehead atoms. The molecule has 2 aromatic rings. The first-order valence-corrected chi connectivity index (χ1v) is 7.57. The van der Waals surface area contributed by atoms with E-state index in [2.05, 4.69) is 0 Å². The second-order valence-corrected chi connectivity index (χ2v) is 5.70. The highest BCUT2D eigenvalue weighted by Crippen LogP contribution is 2.34. The third-order valence-electron chi connectivity index (χ3n) is 3.67. The fraction of sp³-hybridized carbons (Fsp3) is 0.263. The van der Waals surface area contributed by atoms with Gasteiger partial charge in [-0.3, -0.25) is 9.69 Å². The molecular weight excluding hydrogens is 290 g/mol. The Morgan fingerprint density at radius 1 is 1.13 bits per heavy atom. The molecule has 0 saturated carbocycles. The van der Waals surface area contributed by atoms with E-state index in [1.807, 2.05) is 32.9 Å². The fourth-order valence-corrected chi connectivity index (χ4v) is 2.85. The van der Waals surface area contributed by atoms with Gasteiger partial charge >= 0.3 is 0 Å². The van der Waals surface area contributed by atoms with E-state index < -0.39 is 0 Å². The summed E-state index contributed by atoms with van der Waals surface area (Å²) in [5.41, 5.74) is 4.48. The van der Waals surface area contributed by atoms with Crippen molar-refractivity contribution in [1.29, 1.82) is 0 Å². The van der Waals surface area contributed by atoms with Crippen LogP contribution in [-0.4, -0.2) is 17.3 Å². The average molecular weight is 311 g/mol. The van der Waals surface area contributed by atoms with Gasteiger partial charge in [-0.1, -0.05) is 23.8 Å². The molecule has 1 N–H and O–H groups in total. The summed E-state index contributed by atoms with van der Waals surface area (Å²) in [6, 6.07) is 10.6. The molecule has 0 heterocycles. The van der Waals surface area contributed by atoms with Crippen LogP contribution in [0.3, 0.4) is 0 Å². The molecule has 4 heteroatoms. The zero-order chi connectivity index (χ0) is 17.0. The third kappa shape index (κ3) is 3.77. The minimum absolute atomic E-state index is 0.0955. The lowest BCUT2D eigenvalue weighted by molar-refractivity contribution is -0.119. The molecule has 2 rings (SSSR count). The number of carbonyl (C=O) groups excluding carboxylic acids is 2. The largest absolute Gasteiger partial charge is 0.508 e. The molecule has 0 aliphatic carbocycles. The smallest absolute Gasteiger partial charge is 0.231 e. The van der Waals surface area contributed by atoms with Gasteiger partial charge in [0, 0.05) is 18.9 Å². The third-order valence-corrected chi connectivity index (χ3v) is 3.67. The van der Waals surface area contributed by atoms with Crippen LogP contribution in [-0.2, 0) is 9.59 Å². The number of amides is 1. The van der Waals surface area contributed by atoms with Crippen molar-refractivity contribution in [3.63, 3.8) is 0 Å². The first-order chi connectivity index (χ1) is 10.9. The number of benzene rings is 2. The van der Waals surface area contributed by atoms with Crippen molar-refractivity contribution in [3.8, 4) is 5.75 Å². The van der Waals surface area contributed by atoms with Crippen LogP contribution < -0.4 is 4.90 Å². The number of hydrogen-bond acceptors (Lipinski definition) is 3. The van der Waals surface area contributed by atoms with Crippen molar-refractivity contribution in [2.75, 3.05) is 4.90 Å². The van der Waals surface area contributed by atoms with Crippen molar-refractivity contribution in [1.82, 2.24) is 0 Å². The van der Waals surface area contributed by atoms with Gasteiger partial charge in [-0.2, -0.15) is 0 Å². The number of aromatic hydroxyl groups is 1. The maximum absolute atomic E-state index is 12.7. The zero-order valence-electron chi connectivity index (χ0n) is 13.7. The Balaban J connectivity index is 2.58. The highest BCUT2D eigenvalue weighted by molar-refractivity contribution is 6.02. The van der Waals surface area contributed by atoms with Crippen molar-refractivity contribution < 1.29 is 14.7 Å². The Bertz CT molecular complexity index is 714. The van der Waals surface area contributed by atoms with E-state index in [0.29, 0.717) is 5.69 Å². The molecule has 0 atom stereocenters. The van der Waals surface area contributed by atoms with E-state index >= 15 is 0 Å². The molecule has 0 radical (unpaired) electrons. The maximum atomic E-state index is 12.7. The van der Waals surface area contributed by atoms with Crippen LogP contribution in [0.1, 0.15) is 29.5 Å². The van der Waals surface area contributed by atoms with E-state index in [-0.39, 0.29) is 24.5 Å². The zero-order valence-corrected chi connectivity index (χ0v) is 13.7. The number of phenolic OH excluding ortho intramolecular Hbond substituents is 1. The van der Waals surface area contributed by atoms with Crippen LogP contribution in [0.5, 0.6) is 5.75 Å². The molecule has 23 heavy (non-hydrogen) atoms. The first-order valence-electron chi connectivity index (χ1n) is 7.57. The van der Waals surface area contributed by atoms with E-state index in [1.165, 1.54) is 0 Å². The van der Waals surface area contributed by atoms with Crippen molar-refractivity contribution in [2.45, 2.75) is 33.6 Å². The Hall–Kier alpha value is -2.62. The number of aldehydes is 1. The fourth-order valence-electron chi connectivity index (χ4n) is 2.85. The molecule has 0 aliphatic heterocycles. The van der Waals surface area contributed by atoms with Gasteiger partial charge in [-0.25, -0.2) is 0 Å². The monoisotopic (exact) mass is 311 g/mol. The summed E-state index contributed by atoms with van der Waals surface area (Å²) in [4.78, 5) is 24.9. The van der Waals surface area contributed by atoms with Gasteiger partial charge in [0.15, 0.2) is 0 Å². The molecule has 0 fully saturated rings.